The molecule has 0 fully saturated rings. The third-order valence-corrected chi connectivity index (χ3v) is 2.95. The van der Waals surface area contributed by atoms with Gasteiger partial charge in [0.1, 0.15) is 0 Å². The minimum absolute atomic E-state index is 0.155. The molecule has 118 valence electrons. The van der Waals surface area contributed by atoms with Crippen molar-refractivity contribution in [2.75, 3.05) is 7.11 Å². The zero-order valence-electron chi connectivity index (χ0n) is 12.5. The fourth-order valence-electron chi connectivity index (χ4n) is 1.76. The summed E-state index contributed by atoms with van der Waals surface area (Å²) in [6, 6.07) is 7.71. The number of hydrogen-bond donors (Lipinski definition) is 1. The Labute approximate surface area is 132 Å². The highest BCUT2D eigenvalue weighted by Gasteiger charge is 2.14. The lowest BCUT2D eigenvalue weighted by Gasteiger charge is -2.02. The van der Waals surface area contributed by atoms with Gasteiger partial charge in [-0.25, -0.2) is 5.43 Å². The minimum atomic E-state index is -0.549. The van der Waals surface area contributed by atoms with Gasteiger partial charge in [-0.2, -0.15) is 5.10 Å². The molecule has 1 N–H and O–H groups in total. The maximum Gasteiger partial charge on any atom is 0.311 e. The Morgan fingerprint density at radius 3 is 2.78 bits per heavy atom. The molecule has 23 heavy (non-hydrogen) atoms. The number of nitro groups is 1. The molecule has 0 bridgehead atoms. The van der Waals surface area contributed by atoms with E-state index in [1.807, 2.05) is 6.92 Å². The number of rotatable bonds is 5. The SMILES string of the molecule is COc1ccc(/C=N\NC(=O)c2ccc(C)nc2)cc1[N+](=O)[O-]. The van der Waals surface area contributed by atoms with Crippen molar-refractivity contribution in [2.45, 2.75) is 6.92 Å². The first-order valence-electron chi connectivity index (χ1n) is 6.59. The van der Waals surface area contributed by atoms with E-state index < -0.39 is 10.8 Å². The number of methoxy groups -OCH3 is 1. The van der Waals surface area contributed by atoms with Crippen LogP contribution in [0.3, 0.4) is 0 Å². The molecule has 1 amide bonds. The van der Waals surface area contributed by atoms with Gasteiger partial charge in [0.05, 0.1) is 23.8 Å². The largest absolute Gasteiger partial charge is 0.490 e. The number of carbonyl (C=O) groups is 1. The number of nitro benzene ring substituents is 1. The number of benzene rings is 1. The summed E-state index contributed by atoms with van der Waals surface area (Å²) in [5.74, 6) is -0.265. The van der Waals surface area contributed by atoms with Gasteiger partial charge in [-0.1, -0.05) is 0 Å². The van der Waals surface area contributed by atoms with Crippen molar-refractivity contribution in [3.63, 3.8) is 0 Å². The summed E-state index contributed by atoms with van der Waals surface area (Å²) in [6.07, 6.45) is 2.75. The van der Waals surface area contributed by atoms with Gasteiger partial charge >= 0.3 is 5.69 Å². The van der Waals surface area contributed by atoms with Crippen molar-refractivity contribution < 1.29 is 14.5 Å². The molecule has 1 heterocycles. The summed E-state index contributed by atoms with van der Waals surface area (Å²) < 4.78 is 4.91. The molecule has 2 rings (SSSR count). The normalized spacial score (nSPS) is 10.5. The van der Waals surface area contributed by atoms with Crippen molar-refractivity contribution in [3.8, 4) is 5.75 Å². The monoisotopic (exact) mass is 314 g/mol. The molecular weight excluding hydrogens is 300 g/mol. The number of aromatic nitrogens is 1. The van der Waals surface area contributed by atoms with Crippen LogP contribution in [-0.4, -0.2) is 29.1 Å². The van der Waals surface area contributed by atoms with Crippen LogP contribution in [0, 0.1) is 17.0 Å². The zero-order valence-corrected chi connectivity index (χ0v) is 12.5. The summed E-state index contributed by atoms with van der Waals surface area (Å²) in [6.45, 7) is 1.82. The summed E-state index contributed by atoms with van der Waals surface area (Å²) >= 11 is 0. The van der Waals surface area contributed by atoms with E-state index in [0.717, 1.165) is 5.69 Å². The summed E-state index contributed by atoms with van der Waals surface area (Å²) in [4.78, 5) is 26.2. The second-order valence-corrected chi connectivity index (χ2v) is 4.58. The summed E-state index contributed by atoms with van der Waals surface area (Å²) in [7, 11) is 1.35. The number of ether oxygens (including phenoxy) is 1. The Hall–Kier alpha value is -3.29. The Balaban J connectivity index is 2.08. The molecule has 0 aliphatic rings. The highest BCUT2D eigenvalue weighted by atomic mass is 16.6. The fourth-order valence-corrected chi connectivity index (χ4v) is 1.76. The van der Waals surface area contributed by atoms with Gasteiger partial charge in [0.15, 0.2) is 5.75 Å². The number of aryl methyl sites for hydroxylation is 1. The predicted molar refractivity (Wildman–Crippen MR) is 83.7 cm³/mol. The van der Waals surface area contributed by atoms with E-state index in [0.29, 0.717) is 11.1 Å². The predicted octanol–water partition coefficient (Wildman–Crippen LogP) is 2.07. The highest BCUT2D eigenvalue weighted by Crippen LogP contribution is 2.26. The number of amides is 1. The van der Waals surface area contributed by atoms with Gasteiger partial charge in [0, 0.05) is 23.5 Å². The number of nitrogens with zero attached hydrogens (tertiary/aromatic N) is 3. The molecule has 8 nitrogen and oxygen atoms in total. The number of nitrogens with one attached hydrogen (secondary N) is 1. The van der Waals surface area contributed by atoms with Crippen LogP contribution >= 0.6 is 0 Å². The molecule has 1 aromatic heterocycles. The summed E-state index contributed by atoms with van der Waals surface area (Å²) in [5, 5.41) is 14.7. The van der Waals surface area contributed by atoms with E-state index in [2.05, 4.69) is 15.5 Å². The van der Waals surface area contributed by atoms with E-state index >= 15 is 0 Å². The van der Waals surface area contributed by atoms with Crippen molar-refractivity contribution in [2.24, 2.45) is 5.10 Å². The molecule has 8 heteroatoms. The van der Waals surface area contributed by atoms with Crippen molar-refractivity contribution in [1.29, 1.82) is 0 Å². The van der Waals surface area contributed by atoms with E-state index in [9.17, 15) is 14.9 Å². The second kappa shape index (κ2) is 7.12. The molecule has 0 saturated carbocycles. The first-order valence-corrected chi connectivity index (χ1v) is 6.59. The molecular formula is C15H14N4O4. The van der Waals surface area contributed by atoms with Crippen LogP contribution in [0.2, 0.25) is 0 Å². The summed E-state index contributed by atoms with van der Waals surface area (Å²) in [5.41, 5.74) is 3.79. The third kappa shape index (κ3) is 4.10. The molecule has 1 aromatic carbocycles. The molecule has 0 radical (unpaired) electrons. The molecule has 0 unspecified atom stereocenters. The van der Waals surface area contributed by atoms with Crippen LogP contribution in [0.1, 0.15) is 21.6 Å². The molecule has 0 aliphatic carbocycles. The quantitative estimate of drug-likeness (QED) is 0.516. The lowest BCUT2D eigenvalue weighted by Crippen LogP contribution is -2.17. The van der Waals surface area contributed by atoms with Crippen LogP contribution in [0.15, 0.2) is 41.6 Å². The van der Waals surface area contributed by atoms with E-state index in [1.165, 1.54) is 31.7 Å². The van der Waals surface area contributed by atoms with E-state index in [-0.39, 0.29) is 11.4 Å². The average molecular weight is 314 g/mol. The standard InChI is InChI=1S/C15H14N4O4/c1-10-3-5-12(9-16-10)15(20)18-17-8-11-4-6-14(23-2)13(7-11)19(21)22/h3-9H,1-2H3,(H,18,20)/b17-8-. The Morgan fingerprint density at radius 2 is 2.17 bits per heavy atom. The first kappa shape index (κ1) is 16.1. The van der Waals surface area contributed by atoms with E-state index in [4.69, 9.17) is 4.74 Å². The van der Waals surface area contributed by atoms with Crippen LogP contribution in [0.25, 0.3) is 0 Å². The van der Waals surface area contributed by atoms with Crippen molar-refractivity contribution >= 4 is 17.8 Å². The van der Waals surface area contributed by atoms with Gasteiger partial charge in [-0.3, -0.25) is 19.9 Å². The minimum Gasteiger partial charge on any atom is -0.490 e. The van der Waals surface area contributed by atoms with Gasteiger partial charge in [-0.15, -0.1) is 0 Å². The number of hydrazone groups is 1. The van der Waals surface area contributed by atoms with E-state index in [1.54, 1.807) is 18.2 Å². The molecule has 2 aromatic rings. The molecule has 0 atom stereocenters. The maximum atomic E-state index is 11.8. The van der Waals surface area contributed by atoms with Crippen LogP contribution in [-0.2, 0) is 0 Å². The lowest BCUT2D eigenvalue weighted by molar-refractivity contribution is -0.385. The lowest BCUT2D eigenvalue weighted by atomic mass is 10.2. The number of pyridine rings is 1. The Morgan fingerprint density at radius 1 is 1.39 bits per heavy atom. The topological polar surface area (TPSA) is 107 Å². The fraction of sp³-hybridized carbons (Fsp3) is 0.133. The van der Waals surface area contributed by atoms with Gasteiger partial charge in [0.2, 0.25) is 0 Å². The van der Waals surface area contributed by atoms with Gasteiger partial charge < -0.3 is 4.74 Å². The van der Waals surface area contributed by atoms with Gasteiger partial charge in [-0.05, 0) is 31.2 Å². The molecule has 0 aliphatic heterocycles. The average Bonchev–Trinajstić information content (AvgIpc) is 2.55. The smallest absolute Gasteiger partial charge is 0.311 e. The van der Waals surface area contributed by atoms with Crippen LogP contribution in [0.5, 0.6) is 5.75 Å². The molecule has 0 saturated heterocycles. The highest BCUT2D eigenvalue weighted by molar-refractivity contribution is 5.94. The third-order valence-electron chi connectivity index (χ3n) is 2.95. The zero-order chi connectivity index (χ0) is 16.8. The Kier molecular flexibility index (Phi) is 4.98. The number of hydrogen-bond acceptors (Lipinski definition) is 6. The van der Waals surface area contributed by atoms with Crippen molar-refractivity contribution in [1.82, 2.24) is 10.4 Å². The van der Waals surface area contributed by atoms with Crippen LogP contribution in [0.4, 0.5) is 5.69 Å². The molecule has 0 spiro atoms. The van der Waals surface area contributed by atoms with Gasteiger partial charge in [0.25, 0.3) is 5.91 Å². The van der Waals surface area contributed by atoms with Crippen LogP contribution < -0.4 is 10.2 Å². The Bertz CT molecular complexity index is 757. The maximum absolute atomic E-state index is 11.8. The van der Waals surface area contributed by atoms with Crippen molar-refractivity contribution in [3.05, 3.63) is 63.5 Å². The second-order valence-electron chi connectivity index (χ2n) is 4.58. The first-order chi connectivity index (χ1) is 11.0. The number of carbonyl (C=O) groups excluding carboxylic acids is 1.